The van der Waals surface area contributed by atoms with Crippen molar-refractivity contribution in [2.24, 2.45) is 0 Å². The number of aryl methyl sites for hydroxylation is 3. The van der Waals surface area contributed by atoms with Gasteiger partial charge in [0.15, 0.2) is 0 Å². The van der Waals surface area contributed by atoms with E-state index in [9.17, 15) is 4.79 Å². The first-order valence-corrected chi connectivity index (χ1v) is 9.34. The Bertz CT molecular complexity index is 746. The van der Waals surface area contributed by atoms with Crippen molar-refractivity contribution in [1.29, 1.82) is 0 Å². The van der Waals surface area contributed by atoms with E-state index >= 15 is 0 Å². The van der Waals surface area contributed by atoms with Crippen LogP contribution in [0.3, 0.4) is 0 Å². The molecule has 1 heterocycles. The Morgan fingerprint density at radius 2 is 2.12 bits per heavy atom. The van der Waals surface area contributed by atoms with Crippen molar-refractivity contribution in [1.82, 2.24) is 9.47 Å². The van der Waals surface area contributed by atoms with Gasteiger partial charge in [0.25, 0.3) is 0 Å². The van der Waals surface area contributed by atoms with Gasteiger partial charge in [-0.2, -0.15) is 0 Å². The van der Waals surface area contributed by atoms with Gasteiger partial charge in [-0.05, 0) is 50.2 Å². The molecule has 1 unspecified atom stereocenters. The molecule has 0 fully saturated rings. The minimum absolute atomic E-state index is 0.158. The topological polar surface area (TPSA) is 25.2 Å². The van der Waals surface area contributed by atoms with Crippen molar-refractivity contribution in [3.05, 3.63) is 35.0 Å². The maximum absolute atomic E-state index is 11.0. The summed E-state index contributed by atoms with van der Waals surface area (Å²) in [5.41, 5.74) is 6.15. The van der Waals surface area contributed by atoms with Crippen LogP contribution in [0.4, 0.5) is 0 Å². The quantitative estimate of drug-likeness (QED) is 0.727. The van der Waals surface area contributed by atoms with E-state index in [-0.39, 0.29) is 5.41 Å². The molecule has 1 aromatic carbocycles. The molecule has 0 saturated carbocycles. The molecule has 2 aromatic rings. The number of hydrogen-bond donors (Lipinski definition) is 0. The van der Waals surface area contributed by atoms with Crippen LogP contribution in [-0.2, 0) is 29.6 Å². The third kappa shape index (κ3) is 2.64. The number of hydrogen-bond acceptors (Lipinski definition) is 1. The molecule has 3 rings (SSSR count). The van der Waals surface area contributed by atoms with E-state index in [1.54, 1.807) is 10.5 Å². The van der Waals surface area contributed by atoms with E-state index in [0.717, 1.165) is 32.3 Å². The Morgan fingerprint density at radius 3 is 2.79 bits per heavy atom. The zero-order chi connectivity index (χ0) is 17.3. The predicted molar refractivity (Wildman–Crippen MR) is 101 cm³/mol. The average Bonchev–Trinajstić information content (AvgIpc) is 2.95. The minimum atomic E-state index is 0.158. The number of nitrogens with zero attached hydrogens (tertiary/aromatic N) is 2. The maximum Gasteiger partial charge on any atom is 0.209 e. The molecule has 0 aliphatic heterocycles. The van der Waals surface area contributed by atoms with E-state index in [1.165, 1.54) is 41.4 Å². The van der Waals surface area contributed by atoms with E-state index < -0.39 is 0 Å². The second kappa shape index (κ2) is 6.62. The molecule has 24 heavy (non-hydrogen) atoms. The highest BCUT2D eigenvalue weighted by atomic mass is 16.1. The van der Waals surface area contributed by atoms with Gasteiger partial charge < -0.3 is 9.47 Å². The summed E-state index contributed by atoms with van der Waals surface area (Å²) < 4.78 is 2.57. The van der Waals surface area contributed by atoms with Crippen LogP contribution < -0.4 is 0 Å². The fourth-order valence-electron chi connectivity index (χ4n) is 4.59. The molecule has 3 nitrogen and oxygen atoms in total. The number of amides is 1. The van der Waals surface area contributed by atoms with Crippen LogP contribution in [-0.4, -0.2) is 29.5 Å². The van der Waals surface area contributed by atoms with E-state index in [2.05, 4.69) is 43.5 Å². The van der Waals surface area contributed by atoms with Crippen molar-refractivity contribution in [3.63, 3.8) is 0 Å². The first-order valence-electron chi connectivity index (χ1n) is 9.34. The summed E-state index contributed by atoms with van der Waals surface area (Å²) in [5.74, 6) is 0. The van der Waals surface area contributed by atoms with Gasteiger partial charge in [-0.3, -0.25) is 4.79 Å². The summed E-state index contributed by atoms with van der Waals surface area (Å²) in [6.07, 6.45) is 6.69. The number of fused-ring (bicyclic) bond motifs is 3. The largest absolute Gasteiger partial charge is 0.348 e. The van der Waals surface area contributed by atoms with Gasteiger partial charge in [-0.25, -0.2) is 0 Å². The zero-order valence-electron chi connectivity index (χ0n) is 15.6. The molecule has 1 aliphatic rings. The van der Waals surface area contributed by atoms with E-state index in [1.807, 2.05) is 7.05 Å². The molecular formula is C21H30N2O. The normalized spacial score (nSPS) is 20.2. The zero-order valence-corrected chi connectivity index (χ0v) is 15.6. The first kappa shape index (κ1) is 17.1. The SMILES string of the molecule is CCc1cccc2c3c(n(CC)c12)C(C)(CCN(C)C=O)CCC3. The van der Waals surface area contributed by atoms with Crippen LogP contribution >= 0.6 is 0 Å². The van der Waals surface area contributed by atoms with Crippen LogP contribution in [0.15, 0.2) is 18.2 Å². The Balaban J connectivity index is 2.17. The number of carbonyl (C=O) groups is 1. The van der Waals surface area contributed by atoms with Gasteiger partial charge in [0, 0.05) is 36.6 Å². The average molecular weight is 326 g/mol. The molecule has 1 aromatic heterocycles. The van der Waals surface area contributed by atoms with Gasteiger partial charge in [-0.1, -0.05) is 32.0 Å². The van der Waals surface area contributed by atoms with Crippen molar-refractivity contribution in [2.45, 2.75) is 64.8 Å². The molecule has 0 saturated heterocycles. The molecule has 1 amide bonds. The number of benzene rings is 1. The lowest BCUT2D eigenvalue weighted by molar-refractivity contribution is -0.117. The smallest absolute Gasteiger partial charge is 0.209 e. The molecule has 0 N–H and O–H groups in total. The van der Waals surface area contributed by atoms with E-state index in [4.69, 9.17) is 0 Å². The lowest BCUT2D eigenvalue weighted by Crippen LogP contribution is -2.34. The van der Waals surface area contributed by atoms with Crippen LogP contribution in [0.2, 0.25) is 0 Å². The molecule has 1 aliphatic carbocycles. The third-order valence-electron chi connectivity index (χ3n) is 5.89. The van der Waals surface area contributed by atoms with Gasteiger partial charge in [0.2, 0.25) is 6.41 Å². The van der Waals surface area contributed by atoms with Crippen molar-refractivity contribution in [2.75, 3.05) is 13.6 Å². The van der Waals surface area contributed by atoms with Gasteiger partial charge in [0.1, 0.15) is 0 Å². The fourth-order valence-corrected chi connectivity index (χ4v) is 4.59. The van der Waals surface area contributed by atoms with Crippen LogP contribution in [0, 0.1) is 0 Å². The van der Waals surface area contributed by atoms with E-state index in [0.29, 0.717) is 0 Å². The number of aromatic nitrogens is 1. The monoisotopic (exact) mass is 326 g/mol. The molecule has 1 atom stereocenters. The number of carbonyl (C=O) groups excluding carboxylic acids is 1. The van der Waals surface area contributed by atoms with Crippen molar-refractivity contribution >= 4 is 17.3 Å². The molecule has 3 heteroatoms. The highest BCUT2D eigenvalue weighted by Crippen LogP contribution is 2.45. The highest BCUT2D eigenvalue weighted by molar-refractivity contribution is 5.89. The van der Waals surface area contributed by atoms with Gasteiger partial charge in [-0.15, -0.1) is 0 Å². The molecule has 0 radical (unpaired) electrons. The Labute approximate surface area is 145 Å². The lowest BCUT2D eigenvalue weighted by atomic mass is 9.72. The second-order valence-corrected chi connectivity index (χ2v) is 7.49. The van der Waals surface area contributed by atoms with Crippen molar-refractivity contribution < 1.29 is 4.79 Å². The molecule has 0 bridgehead atoms. The third-order valence-corrected chi connectivity index (χ3v) is 5.89. The first-order chi connectivity index (χ1) is 11.6. The van der Waals surface area contributed by atoms with Crippen LogP contribution in [0.25, 0.3) is 10.9 Å². The Morgan fingerprint density at radius 1 is 1.33 bits per heavy atom. The molecule has 130 valence electrons. The summed E-state index contributed by atoms with van der Waals surface area (Å²) in [6, 6.07) is 6.80. The summed E-state index contributed by atoms with van der Waals surface area (Å²) in [6.45, 7) is 8.76. The fraction of sp³-hybridized carbons (Fsp3) is 0.571. The molecule has 0 spiro atoms. The lowest BCUT2D eigenvalue weighted by Gasteiger charge is -2.37. The van der Waals surface area contributed by atoms with Crippen LogP contribution in [0.1, 0.15) is 56.9 Å². The standard InChI is InChI=1S/C21H30N2O/c1-5-16-9-7-10-17-18-11-8-12-21(3,13-14-22(4)15-24)20(18)23(6-2)19(16)17/h7,9-10,15H,5-6,8,11-14H2,1-4H3. The van der Waals surface area contributed by atoms with Gasteiger partial charge in [0.05, 0.1) is 5.52 Å². The Kier molecular flexibility index (Phi) is 4.71. The minimum Gasteiger partial charge on any atom is -0.348 e. The highest BCUT2D eigenvalue weighted by Gasteiger charge is 2.36. The summed E-state index contributed by atoms with van der Waals surface area (Å²) in [4.78, 5) is 12.8. The second-order valence-electron chi connectivity index (χ2n) is 7.49. The maximum atomic E-state index is 11.0. The summed E-state index contributed by atoms with van der Waals surface area (Å²) in [7, 11) is 1.88. The summed E-state index contributed by atoms with van der Waals surface area (Å²) >= 11 is 0. The van der Waals surface area contributed by atoms with Gasteiger partial charge >= 0.3 is 0 Å². The molecular weight excluding hydrogens is 296 g/mol. The summed E-state index contributed by atoms with van der Waals surface area (Å²) in [5, 5.41) is 1.46. The van der Waals surface area contributed by atoms with Crippen molar-refractivity contribution in [3.8, 4) is 0 Å². The predicted octanol–water partition coefficient (Wildman–Crippen LogP) is 4.30. The Hall–Kier alpha value is -1.77. The number of para-hydroxylation sites is 1. The van der Waals surface area contributed by atoms with Crippen LogP contribution in [0.5, 0.6) is 0 Å². The number of rotatable bonds is 6.